The molecule has 0 spiro atoms. The number of carbonyl (C=O) groups is 1. The van der Waals surface area contributed by atoms with Gasteiger partial charge < -0.3 is 46.0 Å². The minimum absolute atomic E-state index is 0.264. The molecule has 8 unspecified atom stereocenters. The first-order chi connectivity index (χ1) is 27.3. The average Bonchev–Trinajstić information content (AvgIpc) is 3.18. The summed E-state index contributed by atoms with van der Waals surface area (Å²) in [4.78, 5) is 23.3. The molecule has 13 nitrogen and oxygen atoms in total. The Balaban J connectivity index is 2.61. The maximum atomic E-state index is 12.9. The molecule has 1 saturated carbocycles. The van der Waals surface area contributed by atoms with Crippen LogP contribution >= 0.6 is 7.82 Å². The van der Waals surface area contributed by atoms with Gasteiger partial charge in [0.1, 0.15) is 36.6 Å². The molecular weight excluding hydrogens is 753 g/mol. The maximum absolute atomic E-state index is 12.9. The van der Waals surface area contributed by atoms with E-state index in [0.29, 0.717) is 12.8 Å². The molecule has 334 valence electrons. The quantitative estimate of drug-likeness (QED) is 0.0187. The molecule has 0 aromatic heterocycles. The lowest BCUT2D eigenvalue weighted by Gasteiger charge is -2.41. The third-order valence-corrected chi connectivity index (χ3v) is 11.4. The molecule has 0 saturated heterocycles. The van der Waals surface area contributed by atoms with Gasteiger partial charge in [0.15, 0.2) is 0 Å². The Hall–Kier alpha value is -1.48. The fourth-order valence-corrected chi connectivity index (χ4v) is 7.73. The van der Waals surface area contributed by atoms with Crippen molar-refractivity contribution in [1.82, 2.24) is 5.32 Å². The van der Waals surface area contributed by atoms with Crippen molar-refractivity contribution < 1.29 is 59.0 Å². The summed E-state index contributed by atoms with van der Waals surface area (Å²) in [6.07, 6.45) is 22.6. The lowest BCUT2D eigenvalue weighted by molar-refractivity contribution is -0.220. The molecule has 14 heteroatoms. The van der Waals surface area contributed by atoms with E-state index in [9.17, 15) is 50.0 Å². The van der Waals surface area contributed by atoms with Gasteiger partial charge in [0.2, 0.25) is 5.91 Å². The van der Waals surface area contributed by atoms with Crippen molar-refractivity contribution in [2.45, 2.75) is 223 Å². The van der Waals surface area contributed by atoms with Crippen LogP contribution in [0.15, 0.2) is 36.5 Å². The number of aliphatic hydroxyl groups is 7. The van der Waals surface area contributed by atoms with E-state index in [1.807, 2.05) is 0 Å². The third-order valence-electron chi connectivity index (χ3n) is 10.4. The van der Waals surface area contributed by atoms with Gasteiger partial charge >= 0.3 is 7.82 Å². The van der Waals surface area contributed by atoms with Crippen molar-refractivity contribution >= 4 is 13.7 Å². The molecule has 0 heterocycles. The molecule has 1 aliphatic carbocycles. The second-order valence-corrected chi connectivity index (χ2v) is 17.1. The van der Waals surface area contributed by atoms with E-state index in [1.54, 1.807) is 6.08 Å². The number of phosphoric ester groups is 1. The maximum Gasteiger partial charge on any atom is 0.472 e. The van der Waals surface area contributed by atoms with Crippen LogP contribution in [0.25, 0.3) is 0 Å². The summed E-state index contributed by atoms with van der Waals surface area (Å²) in [5.41, 5.74) is 0. The van der Waals surface area contributed by atoms with Crippen LogP contribution in [-0.2, 0) is 18.4 Å². The molecule has 8 atom stereocenters. The van der Waals surface area contributed by atoms with E-state index >= 15 is 0 Å². The number of phosphoric acid groups is 1. The molecule has 1 fully saturated rings. The number of amides is 1. The topological polar surface area (TPSA) is 226 Å². The highest BCUT2D eigenvalue weighted by molar-refractivity contribution is 7.47. The second kappa shape index (κ2) is 33.3. The summed E-state index contributed by atoms with van der Waals surface area (Å²) >= 11 is 0. The standard InChI is InChI=1S/C43H80NO12P/c1-3-5-7-9-11-13-14-15-16-17-18-19-20-21-23-25-27-29-31-36(46)35(44-37(47)32-34(45)30-28-26-24-22-12-10-8-6-4-2)33-55-57(53,54)56-43-41(51)39(49)38(48)40(50)42(43)52/h10,12,21,23,29,31,34-36,38-43,45-46,48-52H,3-9,11,13-20,22,24-28,30,32-33H2,1-2H3,(H,44,47)(H,53,54)/b12-10-,23-21+,31-29+. The number of unbranched alkanes of at least 4 members (excludes halogenated alkanes) is 18. The Morgan fingerprint density at radius 1 is 0.614 bits per heavy atom. The van der Waals surface area contributed by atoms with Crippen molar-refractivity contribution in [2.75, 3.05) is 6.61 Å². The summed E-state index contributed by atoms with van der Waals surface area (Å²) < 4.78 is 22.8. The zero-order valence-electron chi connectivity index (χ0n) is 35.0. The first kappa shape index (κ1) is 53.5. The largest absolute Gasteiger partial charge is 0.472 e. The predicted octanol–water partition coefficient (Wildman–Crippen LogP) is 6.58. The molecule has 0 radical (unpaired) electrons. The molecule has 0 bridgehead atoms. The summed E-state index contributed by atoms with van der Waals surface area (Å²) in [6.45, 7) is 3.65. The van der Waals surface area contributed by atoms with Crippen molar-refractivity contribution in [3.05, 3.63) is 36.5 Å². The molecule has 1 aliphatic rings. The van der Waals surface area contributed by atoms with Crippen LogP contribution in [-0.4, -0.2) is 108 Å². The van der Waals surface area contributed by atoms with Crippen LogP contribution in [0.1, 0.15) is 168 Å². The van der Waals surface area contributed by atoms with Gasteiger partial charge in [-0.2, -0.15) is 0 Å². The van der Waals surface area contributed by atoms with E-state index in [-0.39, 0.29) is 6.42 Å². The summed E-state index contributed by atoms with van der Waals surface area (Å²) in [6, 6.07) is -1.26. The van der Waals surface area contributed by atoms with Gasteiger partial charge in [0.25, 0.3) is 0 Å². The van der Waals surface area contributed by atoms with E-state index in [2.05, 4.69) is 43.5 Å². The number of nitrogens with one attached hydrogen (secondary N) is 1. The Bertz CT molecular complexity index is 1120. The minimum Gasteiger partial charge on any atom is -0.393 e. The second-order valence-electron chi connectivity index (χ2n) is 15.7. The molecule has 0 aromatic carbocycles. The fourth-order valence-electron chi connectivity index (χ4n) is 6.77. The highest BCUT2D eigenvalue weighted by Crippen LogP contribution is 2.47. The van der Waals surface area contributed by atoms with Gasteiger partial charge in [-0.15, -0.1) is 0 Å². The number of carbonyl (C=O) groups excluding carboxylic acids is 1. The van der Waals surface area contributed by atoms with Crippen LogP contribution in [0.2, 0.25) is 0 Å². The smallest absolute Gasteiger partial charge is 0.393 e. The van der Waals surface area contributed by atoms with E-state index < -0.39 is 75.2 Å². The molecule has 9 N–H and O–H groups in total. The summed E-state index contributed by atoms with van der Waals surface area (Å²) in [7, 11) is -5.15. The highest BCUT2D eigenvalue weighted by Gasteiger charge is 2.51. The van der Waals surface area contributed by atoms with Crippen LogP contribution < -0.4 is 5.32 Å². The Morgan fingerprint density at radius 2 is 1.05 bits per heavy atom. The molecule has 0 aliphatic heterocycles. The number of allylic oxidation sites excluding steroid dienone is 5. The van der Waals surface area contributed by atoms with Gasteiger partial charge in [-0.05, 0) is 51.4 Å². The lowest BCUT2D eigenvalue weighted by atomic mass is 9.85. The van der Waals surface area contributed by atoms with Gasteiger partial charge in [-0.1, -0.05) is 147 Å². The van der Waals surface area contributed by atoms with Crippen molar-refractivity contribution in [3.8, 4) is 0 Å². The first-order valence-corrected chi connectivity index (χ1v) is 23.5. The number of hydrogen-bond acceptors (Lipinski definition) is 11. The average molecular weight is 834 g/mol. The number of aliphatic hydroxyl groups excluding tert-OH is 7. The van der Waals surface area contributed by atoms with Crippen LogP contribution in [0.3, 0.4) is 0 Å². The van der Waals surface area contributed by atoms with Crippen LogP contribution in [0, 0.1) is 0 Å². The van der Waals surface area contributed by atoms with E-state index in [4.69, 9.17) is 9.05 Å². The molecule has 57 heavy (non-hydrogen) atoms. The van der Waals surface area contributed by atoms with Crippen LogP contribution in [0.5, 0.6) is 0 Å². The Labute approximate surface area is 343 Å². The molecule has 0 aromatic rings. The summed E-state index contributed by atoms with van der Waals surface area (Å²) in [5.74, 6) is -0.616. The number of hydrogen-bond donors (Lipinski definition) is 9. The van der Waals surface area contributed by atoms with Crippen molar-refractivity contribution in [2.24, 2.45) is 0 Å². The predicted molar refractivity (Wildman–Crippen MR) is 224 cm³/mol. The molecule has 1 amide bonds. The Morgan fingerprint density at radius 3 is 1.60 bits per heavy atom. The van der Waals surface area contributed by atoms with E-state index in [0.717, 1.165) is 57.8 Å². The van der Waals surface area contributed by atoms with E-state index in [1.165, 1.54) is 83.1 Å². The van der Waals surface area contributed by atoms with Crippen molar-refractivity contribution in [1.29, 1.82) is 0 Å². The molecular formula is C43H80NO12P. The highest BCUT2D eigenvalue weighted by atomic mass is 31.2. The molecule has 1 rings (SSSR count). The third kappa shape index (κ3) is 25.7. The van der Waals surface area contributed by atoms with Gasteiger partial charge in [0, 0.05) is 0 Å². The van der Waals surface area contributed by atoms with Gasteiger partial charge in [-0.3, -0.25) is 13.8 Å². The number of rotatable bonds is 35. The first-order valence-electron chi connectivity index (χ1n) is 22.0. The minimum atomic E-state index is -5.15. The van der Waals surface area contributed by atoms with Gasteiger partial charge in [0.05, 0.1) is 31.3 Å². The fraction of sp³-hybridized carbons (Fsp3) is 0.837. The van der Waals surface area contributed by atoms with Crippen molar-refractivity contribution in [3.63, 3.8) is 0 Å². The SMILES string of the molecule is CCCC/C=C\CCCCCC(O)CC(=O)NC(COP(=O)(O)OC1C(O)C(O)C(O)C(O)C1O)C(O)/C=C/CC/C=C/CCCCCCCCCCCCCC. The van der Waals surface area contributed by atoms with Gasteiger partial charge in [-0.25, -0.2) is 4.57 Å². The lowest BCUT2D eigenvalue weighted by Crippen LogP contribution is -2.64. The summed E-state index contributed by atoms with van der Waals surface area (Å²) in [5, 5.41) is 74.2. The zero-order valence-corrected chi connectivity index (χ0v) is 35.9. The zero-order chi connectivity index (χ0) is 42.3. The normalized spacial score (nSPS) is 24.3. The van der Waals surface area contributed by atoms with Crippen LogP contribution in [0.4, 0.5) is 0 Å². The Kier molecular flexibility index (Phi) is 31.2. The monoisotopic (exact) mass is 834 g/mol.